The molecule has 3 rings (SSSR count). The summed E-state index contributed by atoms with van der Waals surface area (Å²) in [7, 11) is 1.63. The Morgan fingerprint density at radius 3 is 3.00 bits per heavy atom. The van der Waals surface area contributed by atoms with Gasteiger partial charge in [0.25, 0.3) is 5.91 Å². The van der Waals surface area contributed by atoms with Gasteiger partial charge in [-0.15, -0.1) is 0 Å². The van der Waals surface area contributed by atoms with E-state index in [0.29, 0.717) is 31.9 Å². The van der Waals surface area contributed by atoms with Gasteiger partial charge in [0, 0.05) is 26.6 Å². The fourth-order valence-corrected chi connectivity index (χ4v) is 3.42. The smallest absolute Gasteiger partial charge is 0.289 e. The van der Waals surface area contributed by atoms with Crippen molar-refractivity contribution in [2.45, 2.75) is 31.3 Å². The molecule has 2 amide bonds. The molecule has 0 unspecified atom stereocenters. The molecule has 0 radical (unpaired) electrons. The van der Waals surface area contributed by atoms with Gasteiger partial charge in [-0.1, -0.05) is 0 Å². The maximum atomic E-state index is 12.5. The zero-order valence-electron chi connectivity index (χ0n) is 12.2. The number of likely N-dealkylation sites (tertiary alicyclic amines) is 2. The van der Waals surface area contributed by atoms with E-state index in [1.165, 1.54) is 6.26 Å². The highest BCUT2D eigenvalue weighted by molar-refractivity contribution is 5.92. The summed E-state index contributed by atoms with van der Waals surface area (Å²) >= 11 is 0. The summed E-state index contributed by atoms with van der Waals surface area (Å²) in [6.45, 7) is 1.80. The van der Waals surface area contributed by atoms with Gasteiger partial charge in [-0.25, -0.2) is 0 Å². The van der Waals surface area contributed by atoms with Crippen LogP contribution >= 0.6 is 0 Å². The molecular weight excluding hydrogens is 272 g/mol. The molecule has 1 aromatic rings. The molecule has 6 nitrogen and oxygen atoms in total. The Labute approximate surface area is 123 Å². The Morgan fingerprint density at radius 2 is 2.29 bits per heavy atom. The molecule has 6 heteroatoms. The van der Waals surface area contributed by atoms with E-state index in [1.807, 2.05) is 9.80 Å². The minimum atomic E-state index is -0.0754. The third-order valence-electron chi connectivity index (χ3n) is 4.41. The number of fused-ring (bicyclic) bond motifs is 1. The zero-order chi connectivity index (χ0) is 14.8. The fourth-order valence-electron chi connectivity index (χ4n) is 3.42. The Bertz CT molecular complexity index is 514. The van der Waals surface area contributed by atoms with Crippen LogP contribution in [-0.4, -0.2) is 60.5 Å². The van der Waals surface area contributed by atoms with E-state index < -0.39 is 0 Å². The first-order valence-electron chi connectivity index (χ1n) is 7.35. The van der Waals surface area contributed by atoms with Gasteiger partial charge in [-0.3, -0.25) is 9.59 Å². The van der Waals surface area contributed by atoms with Crippen molar-refractivity contribution in [3.8, 4) is 0 Å². The quantitative estimate of drug-likeness (QED) is 0.834. The fraction of sp³-hybridized carbons (Fsp3) is 0.600. The van der Waals surface area contributed by atoms with Crippen LogP contribution in [-0.2, 0) is 9.53 Å². The van der Waals surface area contributed by atoms with E-state index in [0.717, 1.165) is 12.8 Å². The molecule has 21 heavy (non-hydrogen) atoms. The van der Waals surface area contributed by atoms with E-state index in [1.54, 1.807) is 19.2 Å². The lowest BCUT2D eigenvalue weighted by Gasteiger charge is -2.39. The lowest BCUT2D eigenvalue weighted by atomic mass is 9.96. The van der Waals surface area contributed by atoms with Crippen molar-refractivity contribution in [2.75, 3.05) is 26.8 Å². The molecule has 0 saturated carbocycles. The van der Waals surface area contributed by atoms with E-state index in [4.69, 9.17) is 9.15 Å². The third kappa shape index (κ3) is 2.55. The first-order chi connectivity index (χ1) is 10.2. The molecule has 0 aromatic carbocycles. The predicted octanol–water partition coefficient (Wildman–Crippen LogP) is 1.13. The molecule has 2 saturated heterocycles. The van der Waals surface area contributed by atoms with E-state index in [-0.39, 0.29) is 23.9 Å². The molecule has 0 N–H and O–H groups in total. The maximum absolute atomic E-state index is 12.5. The Kier molecular flexibility index (Phi) is 3.96. The summed E-state index contributed by atoms with van der Waals surface area (Å²) in [5, 5.41) is 0. The monoisotopic (exact) mass is 292 g/mol. The van der Waals surface area contributed by atoms with Gasteiger partial charge in [-0.2, -0.15) is 0 Å². The lowest BCUT2D eigenvalue weighted by molar-refractivity contribution is -0.138. The molecule has 2 atom stereocenters. The minimum absolute atomic E-state index is 0.0754. The van der Waals surface area contributed by atoms with Gasteiger partial charge in [-0.05, 0) is 25.0 Å². The molecule has 3 heterocycles. The highest BCUT2D eigenvalue weighted by atomic mass is 16.5. The Balaban J connectivity index is 1.74. The highest BCUT2D eigenvalue weighted by Gasteiger charge is 2.45. The number of rotatable bonds is 4. The standard InChI is InChI=1S/C15H20N2O4/c1-20-10-8-16-12-6-7-17(11(12)4-5-14(16)18)15(19)13-3-2-9-21-13/h2-3,9,11-12H,4-8,10H2,1H3/t11-,12-/m1/s1. The van der Waals surface area contributed by atoms with E-state index >= 15 is 0 Å². The second-order valence-electron chi connectivity index (χ2n) is 5.52. The number of carbonyl (C=O) groups excluding carboxylic acids is 2. The van der Waals surface area contributed by atoms with Crippen LogP contribution < -0.4 is 0 Å². The molecule has 1 aromatic heterocycles. The molecule has 2 aliphatic rings. The third-order valence-corrected chi connectivity index (χ3v) is 4.41. The van der Waals surface area contributed by atoms with Gasteiger partial charge >= 0.3 is 0 Å². The van der Waals surface area contributed by atoms with Crippen LogP contribution in [0.4, 0.5) is 0 Å². The maximum Gasteiger partial charge on any atom is 0.289 e. The summed E-state index contributed by atoms with van der Waals surface area (Å²) in [6.07, 6.45) is 3.56. The van der Waals surface area contributed by atoms with Crippen molar-refractivity contribution in [1.29, 1.82) is 0 Å². The second kappa shape index (κ2) is 5.89. The number of methoxy groups -OCH3 is 1. The Hall–Kier alpha value is -1.82. The number of piperidine rings is 1. The van der Waals surface area contributed by atoms with E-state index in [2.05, 4.69) is 0 Å². The normalized spacial score (nSPS) is 25.3. The first-order valence-corrected chi connectivity index (χ1v) is 7.35. The largest absolute Gasteiger partial charge is 0.459 e. The van der Waals surface area contributed by atoms with Gasteiger partial charge < -0.3 is 19.0 Å². The number of ether oxygens (including phenoxy) is 1. The molecular formula is C15H20N2O4. The van der Waals surface area contributed by atoms with Crippen LogP contribution in [0.25, 0.3) is 0 Å². The van der Waals surface area contributed by atoms with Gasteiger partial charge in [0.1, 0.15) is 0 Å². The molecule has 0 bridgehead atoms. The summed E-state index contributed by atoms with van der Waals surface area (Å²) < 4.78 is 10.3. The summed E-state index contributed by atoms with van der Waals surface area (Å²) in [5.74, 6) is 0.463. The van der Waals surface area contributed by atoms with Crippen molar-refractivity contribution in [1.82, 2.24) is 9.80 Å². The molecule has 114 valence electrons. The van der Waals surface area contributed by atoms with E-state index in [9.17, 15) is 9.59 Å². The number of hydrogen-bond acceptors (Lipinski definition) is 4. The molecule has 2 aliphatic heterocycles. The van der Waals surface area contributed by atoms with Crippen molar-refractivity contribution >= 4 is 11.8 Å². The minimum Gasteiger partial charge on any atom is -0.459 e. The average Bonchev–Trinajstić information content (AvgIpc) is 3.15. The van der Waals surface area contributed by atoms with Crippen LogP contribution in [0.3, 0.4) is 0 Å². The SMILES string of the molecule is COCCN1C(=O)CC[C@@H]2[C@H]1CCN2C(=O)c1ccco1. The summed E-state index contributed by atoms with van der Waals surface area (Å²) in [4.78, 5) is 28.3. The van der Waals surface area contributed by atoms with Crippen LogP contribution in [0.5, 0.6) is 0 Å². The molecule has 0 spiro atoms. The van der Waals surface area contributed by atoms with Gasteiger partial charge in [0.15, 0.2) is 5.76 Å². The van der Waals surface area contributed by atoms with Crippen molar-refractivity contribution in [3.63, 3.8) is 0 Å². The lowest BCUT2D eigenvalue weighted by Crippen LogP contribution is -2.54. The summed E-state index contributed by atoms with van der Waals surface area (Å²) in [5.41, 5.74) is 0. The zero-order valence-corrected chi connectivity index (χ0v) is 12.2. The van der Waals surface area contributed by atoms with Gasteiger partial charge in [0.2, 0.25) is 5.91 Å². The van der Waals surface area contributed by atoms with Gasteiger partial charge in [0.05, 0.1) is 25.0 Å². The van der Waals surface area contributed by atoms with Crippen molar-refractivity contribution in [2.24, 2.45) is 0 Å². The number of furan rings is 1. The number of nitrogens with zero attached hydrogens (tertiary/aromatic N) is 2. The number of hydrogen-bond donors (Lipinski definition) is 0. The Morgan fingerprint density at radius 1 is 1.43 bits per heavy atom. The predicted molar refractivity (Wildman–Crippen MR) is 74.8 cm³/mol. The second-order valence-corrected chi connectivity index (χ2v) is 5.52. The topological polar surface area (TPSA) is 63.0 Å². The van der Waals surface area contributed by atoms with Crippen molar-refractivity contribution in [3.05, 3.63) is 24.2 Å². The van der Waals surface area contributed by atoms with Crippen LogP contribution in [0, 0.1) is 0 Å². The molecule has 0 aliphatic carbocycles. The number of carbonyl (C=O) groups is 2. The average molecular weight is 292 g/mol. The van der Waals surface area contributed by atoms with Crippen LogP contribution in [0.1, 0.15) is 29.8 Å². The first kappa shape index (κ1) is 14.1. The highest BCUT2D eigenvalue weighted by Crippen LogP contribution is 2.32. The van der Waals surface area contributed by atoms with Crippen molar-refractivity contribution < 1.29 is 18.7 Å². The number of amides is 2. The van der Waals surface area contributed by atoms with Crippen LogP contribution in [0.2, 0.25) is 0 Å². The van der Waals surface area contributed by atoms with Crippen LogP contribution in [0.15, 0.2) is 22.8 Å². The summed E-state index contributed by atoms with van der Waals surface area (Å²) in [6, 6.07) is 3.61. The molecule has 2 fully saturated rings.